The van der Waals surface area contributed by atoms with Crippen LogP contribution in [0.1, 0.15) is 49.7 Å². The molecule has 0 aromatic heterocycles. The summed E-state index contributed by atoms with van der Waals surface area (Å²) in [7, 11) is 2.30. The molecule has 0 atom stereocenters. The molecule has 0 heterocycles. The number of nitrogens with one attached hydrogen (secondary N) is 1. The quantitative estimate of drug-likeness (QED) is 0.762. The number of hydrogen-bond acceptors (Lipinski definition) is 2. The van der Waals surface area contributed by atoms with Gasteiger partial charge in [-0.1, -0.05) is 49.1 Å². The van der Waals surface area contributed by atoms with Gasteiger partial charge in [0.15, 0.2) is 0 Å². The van der Waals surface area contributed by atoms with Gasteiger partial charge in [0.25, 0.3) is 0 Å². The van der Waals surface area contributed by atoms with E-state index in [9.17, 15) is 0 Å². The van der Waals surface area contributed by atoms with E-state index in [0.717, 1.165) is 19.1 Å². The van der Waals surface area contributed by atoms with Crippen molar-refractivity contribution in [3.8, 4) is 0 Å². The van der Waals surface area contributed by atoms with Crippen LogP contribution in [-0.4, -0.2) is 31.1 Å². The van der Waals surface area contributed by atoms with E-state index >= 15 is 0 Å². The standard InChI is InChI=1S/C18H30N2/c1-16-9-11-17(12-10-16)15-19-13-6-14-20(2)18-7-4-3-5-8-18/h9-12,18-19H,3-8,13-15H2,1-2H3. The SMILES string of the molecule is Cc1ccc(CNCCCN(C)C2CCCCC2)cc1. The van der Waals surface area contributed by atoms with Crippen molar-refractivity contribution < 1.29 is 0 Å². The zero-order chi connectivity index (χ0) is 14.2. The molecule has 1 aromatic carbocycles. The average molecular weight is 274 g/mol. The predicted molar refractivity (Wildman–Crippen MR) is 87.0 cm³/mol. The highest BCUT2D eigenvalue weighted by atomic mass is 15.1. The van der Waals surface area contributed by atoms with Crippen LogP contribution in [0.5, 0.6) is 0 Å². The van der Waals surface area contributed by atoms with Crippen molar-refractivity contribution in [2.45, 2.75) is 58.0 Å². The average Bonchev–Trinajstić information content (AvgIpc) is 2.49. The number of benzene rings is 1. The summed E-state index contributed by atoms with van der Waals surface area (Å²) < 4.78 is 0. The summed E-state index contributed by atoms with van der Waals surface area (Å²) in [5, 5.41) is 3.55. The van der Waals surface area contributed by atoms with E-state index in [1.54, 1.807) is 0 Å². The Hall–Kier alpha value is -0.860. The molecule has 2 rings (SSSR count). The van der Waals surface area contributed by atoms with E-state index in [4.69, 9.17) is 0 Å². The van der Waals surface area contributed by atoms with Gasteiger partial charge in [-0.15, -0.1) is 0 Å². The van der Waals surface area contributed by atoms with Crippen molar-refractivity contribution in [3.63, 3.8) is 0 Å². The first kappa shape index (κ1) is 15.5. The first-order valence-corrected chi connectivity index (χ1v) is 8.22. The summed E-state index contributed by atoms with van der Waals surface area (Å²) in [5.41, 5.74) is 2.72. The maximum absolute atomic E-state index is 3.55. The number of aryl methyl sites for hydroxylation is 1. The molecule has 2 heteroatoms. The lowest BCUT2D eigenvalue weighted by atomic mass is 9.94. The Labute approximate surface area is 124 Å². The third kappa shape index (κ3) is 5.26. The third-order valence-electron chi connectivity index (χ3n) is 4.51. The Balaban J connectivity index is 1.55. The number of nitrogens with zero attached hydrogens (tertiary/aromatic N) is 1. The number of rotatable bonds is 7. The molecule has 1 aliphatic rings. The Kier molecular flexibility index (Phi) is 6.55. The van der Waals surface area contributed by atoms with Crippen molar-refractivity contribution in [3.05, 3.63) is 35.4 Å². The molecule has 0 amide bonds. The Morgan fingerprint density at radius 2 is 1.80 bits per heavy atom. The van der Waals surface area contributed by atoms with Gasteiger partial charge in [0.2, 0.25) is 0 Å². The van der Waals surface area contributed by atoms with Crippen molar-refractivity contribution in [1.29, 1.82) is 0 Å². The first-order valence-electron chi connectivity index (χ1n) is 8.22. The highest BCUT2D eigenvalue weighted by Crippen LogP contribution is 2.21. The van der Waals surface area contributed by atoms with Gasteiger partial charge >= 0.3 is 0 Å². The summed E-state index contributed by atoms with van der Waals surface area (Å²) in [6.45, 7) is 5.47. The zero-order valence-corrected chi connectivity index (χ0v) is 13.2. The van der Waals surface area contributed by atoms with Crippen LogP contribution < -0.4 is 5.32 Å². The second-order valence-electron chi connectivity index (χ2n) is 6.29. The summed E-state index contributed by atoms with van der Waals surface area (Å²) in [5.74, 6) is 0. The van der Waals surface area contributed by atoms with E-state index in [0.29, 0.717) is 0 Å². The lowest BCUT2D eigenvalue weighted by Crippen LogP contribution is -2.35. The molecule has 1 saturated carbocycles. The van der Waals surface area contributed by atoms with Crippen molar-refractivity contribution in [2.24, 2.45) is 0 Å². The number of hydrogen-bond donors (Lipinski definition) is 1. The van der Waals surface area contributed by atoms with Gasteiger partial charge in [0.1, 0.15) is 0 Å². The van der Waals surface area contributed by atoms with Crippen molar-refractivity contribution in [1.82, 2.24) is 10.2 Å². The van der Waals surface area contributed by atoms with E-state index in [2.05, 4.69) is 48.5 Å². The molecule has 0 radical (unpaired) electrons. The van der Waals surface area contributed by atoms with Gasteiger partial charge < -0.3 is 10.2 Å². The summed E-state index contributed by atoms with van der Waals surface area (Å²) in [6.07, 6.45) is 8.38. The van der Waals surface area contributed by atoms with Gasteiger partial charge in [0.05, 0.1) is 0 Å². The van der Waals surface area contributed by atoms with Gasteiger partial charge in [0, 0.05) is 12.6 Å². The molecule has 20 heavy (non-hydrogen) atoms. The van der Waals surface area contributed by atoms with E-state index in [-0.39, 0.29) is 0 Å². The maximum atomic E-state index is 3.55. The largest absolute Gasteiger partial charge is 0.313 e. The van der Waals surface area contributed by atoms with Crippen LogP contribution in [0.25, 0.3) is 0 Å². The fraction of sp³-hybridized carbons (Fsp3) is 0.667. The second-order valence-corrected chi connectivity index (χ2v) is 6.29. The van der Waals surface area contributed by atoms with Crippen LogP contribution in [0.15, 0.2) is 24.3 Å². The van der Waals surface area contributed by atoms with Crippen LogP contribution in [0.2, 0.25) is 0 Å². The lowest BCUT2D eigenvalue weighted by Gasteiger charge is -2.31. The molecule has 0 unspecified atom stereocenters. The predicted octanol–water partition coefficient (Wildman–Crippen LogP) is 3.74. The highest BCUT2D eigenvalue weighted by Gasteiger charge is 2.16. The molecule has 1 aromatic rings. The second kappa shape index (κ2) is 8.43. The molecule has 2 nitrogen and oxygen atoms in total. The van der Waals surface area contributed by atoms with Gasteiger partial charge in [-0.2, -0.15) is 0 Å². The molecule has 1 fully saturated rings. The fourth-order valence-electron chi connectivity index (χ4n) is 3.10. The van der Waals surface area contributed by atoms with Crippen LogP contribution in [-0.2, 0) is 6.54 Å². The first-order chi connectivity index (χ1) is 9.75. The van der Waals surface area contributed by atoms with Crippen LogP contribution >= 0.6 is 0 Å². The minimum absolute atomic E-state index is 0.848. The van der Waals surface area contributed by atoms with Gasteiger partial charge in [-0.05, 0) is 51.9 Å². The highest BCUT2D eigenvalue weighted by molar-refractivity contribution is 5.20. The topological polar surface area (TPSA) is 15.3 Å². The zero-order valence-electron chi connectivity index (χ0n) is 13.2. The van der Waals surface area contributed by atoms with Gasteiger partial charge in [-0.25, -0.2) is 0 Å². The molecule has 1 N–H and O–H groups in total. The smallest absolute Gasteiger partial charge is 0.0205 e. The molecule has 112 valence electrons. The normalized spacial score (nSPS) is 16.8. The lowest BCUT2D eigenvalue weighted by molar-refractivity contribution is 0.189. The minimum atomic E-state index is 0.848. The molecule has 1 aliphatic carbocycles. The van der Waals surface area contributed by atoms with Crippen LogP contribution in [0.4, 0.5) is 0 Å². The third-order valence-corrected chi connectivity index (χ3v) is 4.51. The summed E-state index contributed by atoms with van der Waals surface area (Å²) >= 11 is 0. The molecule has 0 saturated heterocycles. The Bertz CT molecular complexity index is 366. The van der Waals surface area contributed by atoms with Crippen LogP contribution in [0.3, 0.4) is 0 Å². The molecule has 0 bridgehead atoms. The van der Waals surface area contributed by atoms with E-state index < -0.39 is 0 Å². The van der Waals surface area contributed by atoms with Crippen molar-refractivity contribution >= 4 is 0 Å². The summed E-state index contributed by atoms with van der Waals surface area (Å²) in [4.78, 5) is 2.58. The Morgan fingerprint density at radius 1 is 1.10 bits per heavy atom. The Morgan fingerprint density at radius 3 is 2.50 bits per heavy atom. The monoisotopic (exact) mass is 274 g/mol. The fourth-order valence-corrected chi connectivity index (χ4v) is 3.10. The summed E-state index contributed by atoms with van der Waals surface area (Å²) in [6, 6.07) is 9.66. The maximum Gasteiger partial charge on any atom is 0.0205 e. The molecule has 0 aliphatic heterocycles. The molecule has 0 spiro atoms. The van der Waals surface area contributed by atoms with E-state index in [1.165, 1.54) is 56.2 Å². The van der Waals surface area contributed by atoms with Crippen LogP contribution in [0, 0.1) is 6.92 Å². The van der Waals surface area contributed by atoms with Crippen molar-refractivity contribution in [2.75, 3.05) is 20.1 Å². The van der Waals surface area contributed by atoms with E-state index in [1.807, 2.05) is 0 Å². The molecular weight excluding hydrogens is 244 g/mol. The molecular formula is C18H30N2. The van der Waals surface area contributed by atoms with Gasteiger partial charge in [-0.3, -0.25) is 0 Å². The minimum Gasteiger partial charge on any atom is -0.313 e.